The van der Waals surface area contributed by atoms with E-state index < -0.39 is 10.7 Å². The SMILES string of the molecule is CC(Cc1cccnc1)(C(=O)Cl)c1ccc(Cl)cc1. The molecule has 0 amide bonds. The molecule has 0 aliphatic heterocycles. The largest absolute Gasteiger partial charge is 0.280 e. The molecule has 2 nitrogen and oxygen atoms in total. The minimum Gasteiger partial charge on any atom is -0.280 e. The van der Waals surface area contributed by atoms with Crippen molar-refractivity contribution in [2.24, 2.45) is 0 Å². The minimum atomic E-state index is -0.783. The van der Waals surface area contributed by atoms with E-state index in [2.05, 4.69) is 4.98 Å². The third-order valence-corrected chi connectivity index (χ3v) is 3.86. The van der Waals surface area contributed by atoms with Crippen molar-refractivity contribution in [3.8, 4) is 0 Å². The molecule has 2 aromatic rings. The lowest BCUT2D eigenvalue weighted by Crippen LogP contribution is -2.31. The Kier molecular flexibility index (Phi) is 4.23. The van der Waals surface area contributed by atoms with E-state index in [1.54, 1.807) is 24.5 Å². The maximum Gasteiger partial charge on any atom is 0.232 e. The molecule has 1 atom stereocenters. The zero-order valence-corrected chi connectivity index (χ0v) is 11.9. The van der Waals surface area contributed by atoms with Crippen LogP contribution in [0.3, 0.4) is 0 Å². The molecule has 0 aliphatic rings. The van der Waals surface area contributed by atoms with E-state index in [0.29, 0.717) is 11.4 Å². The summed E-state index contributed by atoms with van der Waals surface area (Å²) in [5.74, 6) is 0. The molecule has 2 rings (SSSR count). The van der Waals surface area contributed by atoms with Gasteiger partial charge in [0.05, 0.1) is 5.41 Å². The zero-order chi connectivity index (χ0) is 13.9. The van der Waals surface area contributed by atoms with Gasteiger partial charge in [-0.25, -0.2) is 0 Å². The van der Waals surface area contributed by atoms with Crippen molar-refractivity contribution in [1.29, 1.82) is 0 Å². The van der Waals surface area contributed by atoms with Gasteiger partial charge in [0.2, 0.25) is 5.24 Å². The van der Waals surface area contributed by atoms with E-state index in [-0.39, 0.29) is 0 Å². The maximum absolute atomic E-state index is 11.9. The van der Waals surface area contributed by atoms with Crippen LogP contribution in [-0.2, 0) is 16.6 Å². The number of halogens is 2. The van der Waals surface area contributed by atoms with Crippen molar-refractivity contribution in [2.45, 2.75) is 18.8 Å². The van der Waals surface area contributed by atoms with E-state index in [1.807, 2.05) is 31.2 Å². The lowest BCUT2D eigenvalue weighted by atomic mass is 9.79. The summed E-state index contributed by atoms with van der Waals surface area (Å²) in [5.41, 5.74) is 1.03. The predicted octanol–water partition coefficient (Wildman–Crippen LogP) is 4.00. The number of hydrogen-bond donors (Lipinski definition) is 0. The Labute approximate surface area is 122 Å². The van der Waals surface area contributed by atoms with Crippen LogP contribution in [0.2, 0.25) is 5.02 Å². The van der Waals surface area contributed by atoms with Crippen LogP contribution in [-0.4, -0.2) is 10.2 Å². The van der Waals surface area contributed by atoms with E-state index in [1.165, 1.54) is 0 Å². The quantitative estimate of drug-likeness (QED) is 0.798. The Hall–Kier alpha value is -1.38. The van der Waals surface area contributed by atoms with Crippen LogP contribution in [0.15, 0.2) is 48.8 Å². The summed E-state index contributed by atoms with van der Waals surface area (Å²) in [7, 11) is 0. The summed E-state index contributed by atoms with van der Waals surface area (Å²) < 4.78 is 0. The fourth-order valence-corrected chi connectivity index (χ4v) is 2.32. The molecule has 0 aliphatic carbocycles. The average Bonchev–Trinajstić information content (AvgIpc) is 2.40. The van der Waals surface area contributed by atoms with Crippen LogP contribution < -0.4 is 0 Å². The van der Waals surface area contributed by atoms with Crippen molar-refractivity contribution in [3.63, 3.8) is 0 Å². The molecule has 1 unspecified atom stereocenters. The van der Waals surface area contributed by atoms with E-state index in [9.17, 15) is 4.79 Å². The third kappa shape index (κ3) is 3.14. The van der Waals surface area contributed by atoms with Gasteiger partial charge in [-0.3, -0.25) is 9.78 Å². The molecule has 0 saturated heterocycles. The molecule has 0 spiro atoms. The van der Waals surface area contributed by atoms with Crippen LogP contribution in [0.25, 0.3) is 0 Å². The van der Waals surface area contributed by atoms with Gasteiger partial charge < -0.3 is 0 Å². The monoisotopic (exact) mass is 293 g/mol. The summed E-state index contributed by atoms with van der Waals surface area (Å²) in [6.07, 6.45) is 3.95. The van der Waals surface area contributed by atoms with Gasteiger partial charge in [-0.05, 0) is 54.3 Å². The zero-order valence-electron chi connectivity index (χ0n) is 10.4. The second-order valence-corrected chi connectivity index (χ2v) is 5.43. The fourth-order valence-electron chi connectivity index (χ4n) is 2.01. The molecule has 4 heteroatoms. The first-order valence-electron chi connectivity index (χ1n) is 5.87. The number of carbonyl (C=O) groups excluding carboxylic acids is 1. The molecule has 1 aromatic heterocycles. The molecule has 0 radical (unpaired) electrons. The molecular formula is C15H13Cl2NO. The first kappa shape index (κ1) is 14.0. The highest BCUT2D eigenvalue weighted by molar-refractivity contribution is 6.65. The molecule has 1 aromatic carbocycles. The lowest BCUT2D eigenvalue weighted by Gasteiger charge is -2.26. The number of rotatable bonds is 4. The van der Waals surface area contributed by atoms with Crippen molar-refractivity contribution in [3.05, 3.63) is 64.9 Å². The second kappa shape index (κ2) is 5.72. The molecule has 98 valence electrons. The number of benzene rings is 1. The van der Waals surface area contributed by atoms with Crippen molar-refractivity contribution in [1.82, 2.24) is 4.98 Å². The van der Waals surface area contributed by atoms with Gasteiger partial charge in [-0.2, -0.15) is 0 Å². The highest BCUT2D eigenvalue weighted by Crippen LogP contribution is 2.31. The number of hydrogen-bond acceptors (Lipinski definition) is 2. The highest BCUT2D eigenvalue weighted by atomic mass is 35.5. The number of aromatic nitrogens is 1. The first-order chi connectivity index (χ1) is 9.02. The van der Waals surface area contributed by atoms with Crippen LogP contribution in [0.1, 0.15) is 18.1 Å². The molecular weight excluding hydrogens is 281 g/mol. The van der Waals surface area contributed by atoms with Crippen LogP contribution in [0, 0.1) is 0 Å². The van der Waals surface area contributed by atoms with Crippen LogP contribution in [0.4, 0.5) is 0 Å². The van der Waals surface area contributed by atoms with E-state index in [0.717, 1.165) is 11.1 Å². The third-order valence-electron chi connectivity index (χ3n) is 3.20. The lowest BCUT2D eigenvalue weighted by molar-refractivity contribution is -0.116. The first-order valence-corrected chi connectivity index (χ1v) is 6.63. The van der Waals surface area contributed by atoms with Crippen LogP contribution in [0.5, 0.6) is 0 Å². The molecule has 0 saturated carbocycles. The van der Waals surface area contributed by atoms with Gasteiger partial charge in [0.15, 0.2) is 0 Å². The fraction of sp³-hybridized carbons (Fsp3) is 0.200. The van der Waals surface area contributed by atoms with E-state index >= 15 is 0 Å². The maximum atomic E-state index is 11.9. The second-order valence-electron chi connectivity index (χ2n) is 4.65. The van der Waals surface area contributed by atoms with Crippen LogP contribution >= 0.6 is 23.2 Å². The van der Waals surface area contributed by atoms with Gasteiger partial charge in [-0.1, -0.05) is 29.8 Å². The van der Waals surface area contributed by atoms with Crippen molar-refractivity contribution in [2.75, 3.05) is 0 Å². The number of nitrogens with zero attached hydrogens (tertiary/aromatic N) is 1. The Morgan fingerprint density at radius 2 is 1.95 bits per heavy atom. The van der Waals surface area contributed by atoms with Gasteiger partial charge in [0.25, 0.3) is 0 Å². The van der Waals surface area contributed by atoms with Gasteiger partial charge in [-0.15, -0.1) is 0 Å². The average molecular weight is 294 g/mol. The Bertz CT molecular complexity index is 568. The summed E-state index contributed by atoms with van der Waals surface area (Å²) in [6.45, 7) is 1.83. The van der Waals surface area contributed by atoms with Crippen molar-refractivity contribution >= 4 is 28.4 Å². The van der Waals surface area contributed by atoms with Gasteiger partial charge in [0.1, 0.15) is 0 Å². The Balaban J connectivity index is 2.38. The standard InChI is InChI=1S/C15H13Cl2NO/c1-15(14(17)19,9-11-3-2-8-18-10-11)12-4-6-13(16)7-5-12/h2-8,10H,9H2,1H3. The molecule has 0 fully saturated rings. The van der Waals surface area contributed by atoms with Gasteiger partial charge in [0, 0.05) is 17.4 Å². The molecule has 0 bridgehead atoms. The Morgan fingerprint density at radius 3 is 2.47 bits per heavy atom. The normalized spacial score (nSPS) is 13.8. The summed E-state index contributed by atoms with van der Waals surface area (Å²) in [4.78, 5) is 15.9. The van der Waals surface area contributed by atoms with Crippen molar-refractivity contribution < 1.29 is 4.79 Å². The van der Waals surface area contributed by atoms with E-state index in [4.69, 9.17) is 23.2 Å². The summed E-state index contributed by atoms with van der Waals surface area (Å²) in [5, 5.41) is 0.244. The molecule has 1 heterocycles. The molecule has 19 heavy (non-hydrogen) atoms. The summed E-state index contributed by atoms with van der Waals surface area (Å²) in [6, 6.07) is 11.0. The Morgan fingerprint density at radius 1 is 1.26 bits per heavy atom. The smallest absolute Gasteiger partial charge is 0.232 e. The number of carbonyl (C=O) groups is 1. The molecule has 0 N–H and O–H groups in total. The van der Waals surface area contributed by atoms with Gasteiger partial charge >= 0.3 is 0 Å². The minimum absolute atomic E-state index is 0.390. The predicted molar refractivity (Wildman–Crippen MR) is 77.6 cm³/mol. The topological polar surface area (TPSA) is 30.0 Å². The summed E-state index contributed by atoms with van der Waals surface area (Å²) >= 11 is 11.7. The highest BCUT2D eigenvalue weighted by Gasteiger charge is 2.34. The number of pyridine rings is 1.